The van der Waals surface area contributed by atoms with E-state index in [9.17, 15) is 4.79 Å². The summed E-state index contributed by atoms with van der Waals surface area (Å²) < 4.78 is 11.8. The summed E-state index contributed by atoms with van der Waals surface area (Å²) in [5.74, 6) is 0.660. The zero-order chi connectivity index (χ0) is 11.8. The summed E-state index contributed by atoms with van der Waals surface area (Å²) in [6.45, 7) is 2.92. The van der Waals surface area contributed by atoms with E-state index in [1.165, 1.54) is 11.3 Å². The molecule has 1 saturated heterocycles. The van der Waals surface area contributed by atoms with Gasteiger partial charge in [0.2, 0.25) is 5.43 Å². The third-order valence-corrected chi connectivity index (χ3v) is 4.02. The number of anilines is 1. The zero-order valence-corrected chi connectivity index (χ0v) is 10.4. The Balaban J connectivity index is 2.10. The van der Waals surface area contributed by atoms with Gasteiger partial charge in [-0.3, -0.25) is 4.79 Å². The smallest absolute Gasteiger partial charge is 0.204 e. The van der Waals surface area contributed by atoms with Gasteiger partial charge in [-0.05, 0) is 10.8 Å². The number of ether oxygens (including phenoxy) is 1. The summed E-state index contributed by atoms with van der Waals surface area (Å²) in [5, 5.41) is 1.96. The number of rotatable bonds is 1. The largest absolute Gasteiger partial charge is 0.440 e. The molecule has 88 valence electrons. The minimum Gasteiger partial charge on any atom is -0.440 e. The highest BCUT2D eigenvalue weighted by Gasteiger charge is 2.16. The van der Waals surface area contributed by atoms with Gasteiger partial charge in [-0.25, -0.2) is 0 Å². The van der Waals surface area contributed by atoms with Crippen LogP contribution in [0.1, 0.15) is 0 Å². The van der Waals surface area contributed by atoms with E-state index in [1.54, 1.807) is 6.07 Å². The van der Waals surface area contributed by atoms with Crippen molar-refractivity contribution in [3.05, 3.63) is 21.7 Å². The lowest BCUT2D eigenvalue weighted by Crippen LogP contribution is -2.36. The second kappa shape index (κ2) is 4.20. The molecule has 1 aliphatic rings. The Morgan fingerprint density at radius 1 is 1.35 bits per heavy atom. The number of hydrogen-bond acceptors (Lipinski definition) is 5. The molecule has 0 N–H and O–H groups in total. The molecule has 3 rings (SSSR count). The third-order valence-electron chi connectivity index (χ3n) is 2.93. The van der Waals surface area contributed by atoms with E-state index >= 15 is 0 Å². The van der Waals surface area contributed by atoms with Gasteiger partial charge in [0, 0.05) is 19.2 Å². The van der Waals surface area contributed by atoms with Gasteiger partial charge in [0.15, 0.2) is 5.88 Å². The summed E-state index contributed by atoms with van der Waals surface area (Å²) in [5.41, 5.74) is 1.80. The second-order valence-electron chi connectivity index (χ2n) is 4.13. The maximum atomic E-state index is 11.9. The van der Waals surface area contributed by atoms with Crippen molar-refractivity contribution in [2.24, 2.45) is 0 Å². The fraction of sp³-hybridized carbons (Fsp3) is 0.364. The molecule has 0 radical (unpaired) electrons. The van der Waals surface area contributed by atoms with Crippen LogP contribution in [0.2, 0.25) is 0 Å². The number of morpholine rings is 1. The molecule has 3 heterocycles. The van der Waals surface area contributed by atoms with Gasteiger partial charge in [-0.1, -0.05) is 0 Å². The first-order valence-electron chi connectivity index (χ1n) is 5.60. The summed E-state index contributed by atoms with van der Waals surface area (Å²) in [7, 11) is 1.96. The van der Waals surface area contributed by atoms with Crippen LogP contribution in [0, 0.1) is 0 Å². The molecule has 2 aromatic rings. The minimum atomic E-state index is 0.0471. The summed E-state index contributed by atoms with van der Waals surface area (Å²) >= 11 is 1.45. The first kappa shape index (κ1) is 10.9. The molecule has 4 nitrogen and oxygen atoms in total. The Morgan fingerprint density at radius 2 is 2.12 bits per heavy atom. The maximum Gasteiger partial charge on any atom is 0.204 e. The van der Waals surface area contributed by atoms with E-state index in [1.807, 2.05) is 13.2 Å². The first-order chi connectivity index (χ1) is 8.25. The van der Waals surface area contributed by atoms with Gasteiger partial charge < -0.3 is 14.1 Å². The predicted molar refractivity (Wildman–Crippen MR) is 71.6 cm³/mol. The van der Waals surface area contributed by atoms with Crippen molar-refractivity contribution >= 4 is 40.8 Å². The lowest BCUT2D eigenvalue weighted by atomic mass is 10.00. The molecule has 1 aliphatic heterocycles. The maximum absolute atomic E-state index is 11.9. The van der Waals surface area contributed by atoms with Gasteiger partial charge in [0.05, 0.1) is 13.2 Å². The summed E-state index contributed by atoms with van der Waals surface area (Å²) in [6, 6.07) is 1.59. The minimum absolute atomic E-state index is 0.0471. The lowest BCUT2D eigenvalue weighted by Gasteiger charge is -2.27. The van der Waals surface area contributed by atoms with Crippen molar-refractivity contribution in [2.75, 3.05) is 31.2 Å². The van der Waals surface area contributed by atoms with Crippen LogP contribution in [0.3, 0.4) is 0 Å². The van der Waals surface area contributed by atoms with Crippen LogP contribution in [-0.4, -0.2) is 34.1 Å². The highest BCUT2D eigenvalue weighted by molar-refractivity contribution is 7.18. The molecular formula is C11H12BNO3S. The number of fused-ring (bicyclic) bond motifs is 1. The number of nitrogens with zero attached hydrogens (tertiary/aromatic N) is 1. The molecule has 0 aliphatic carbocycles. The molecule has 0 atom stereocenters. The Morgan fingerprint density at radius 3 is 2.88 bits per heavy atom. The van der Waals surface area contributed by atoms with Crippen LogP contribution in [0.5, 0.6) is 0 Å². The summed E-state index contributed by atoms with van der Waals surface area (Å²) in [4.78, 5) is 14.0. The second-order valence-corrected chi connectivity index (χ2v) is 5.00. The highest BCUT2D eigenvalue weighted by Crippen LogP contribution is 2.21. The van der Waals surface area contributed by atoms with Gasteiger partial charge in [-0.2, -0.15) is 0 Å². The standard InChI is InChI=1S/C11H12BNO3S/c12-7-6-17-11-8(14)5-9(16-10(7)11)13-1-3-15-4-2-13/h5-6H,1-4,12H2. The molecule has 2 aromatic heterocycles. The molecule has 0 bridgehead atoms. The van der Waals surface area contributed by atoms with Crippen molar-refractivity contribution in [1.82, 2.24) is 0 Å². The van der Waals surface area contributed by atoms with E-state index in [4.69, 9.17) is 9.15 Å². The van der Waals surface area contributed by atoms with Crippen LogP contribution < -0.4 is 15.8 Å². The lowest BCUT2D eigenvalue weighted by molar-refractivity contribution is 0.121. The normalized spacial score (nSPS) is 16.6. The van der Waals surface area contributed by atoms with E-state index in [0.717, 1.165) is 24.1 Å². The average Bonchev–Trinajstić information content (AvgIpc) is 2.73. The van der Waals surface area contributed by atoms with Crippen LogP contribution in [0.15, 0.2) is 20.7 Å². The Bertz CT molecular complexity index is 600. The SMILES string of the molecule is Bc1csc2c(=O)cc(N3CCOCC3)oc12. The number of hydrogen-bond donors (Lipinski definition) is 0. The Labute approximate surface area is 103 Å². The first-order valence-corrected chi connectivity index (χ1v) is 6.48. The van der Waals surface area contributed by atoms with Crippen LogP contribution in [-0.2, 0) is 4.74 Å². The molecule has 0 aromatic carbocycles. The van der Waals surface area contributed by atoms with Crippen molar-refractivity contribution < 1.29 is 9.15 Å². The highest BCUT2D eigenvalue weighted by atomic mass is 32.1. The van der Waals surface area contributed by atoms with Crippen molar-refractivity contribution in [3.63, 3.8) is 0 Å². The topological polar surface area (TPSA) is 42.7 Å². The van der Waals surface area contributed by atoms with Crippen molar-refractivity contribution in [1.29, 1.82) is 0 Å². The molecule has 1 fully saturated rings. The van der Waals surface area contributed by atoms with Gasteiger partial charge in [-0.15, -0.1) is 11.3 Å². The van der Waals surface area contributed by atoms with E-state index < -0.39 is 0 Å². The molecule has 0 spiro atoms. The van der Waals surface area contributed by atoms with E-state index in [0.29, 0.717) is 23.8 Å². The van der Waals surface area contributed by atoms with Crippen LogP contribution >= 0.6 is 11.3 Å². The average molecular weight is 249 g/mol. The fourth-order valence-electron chi connectivity index (χ4n) is 1.98. The molecule has 0 unspecified atom stereocenters. The molecule has 17 heavy (non-hydrogen) atoms. The quantitative estimate of drug-likeness (QED) is 0.664. The van der Waals surface area contributed by atoms with Crippen molar-refractivity contribution in [2.45, 2.75) is 0 Å². The summed E-state index contributed by atoms with van der Waals surface area (Å²) in [6.07, 6.45) is 0. The van der Waals surface area contributed by atoms with E-state index in [-0.39, 0.29) is 5.43 Å². The van der Waals surface area contributed by atoms with Crippen LogP contribution in [0.4, 0.5) is 5.88 Å². The Hall–Kier alpha value is -1.27. The molecule has 0 saturated carbocycles. The zero-order valence-electron chi connectivity index (χ0n) is 9.56. The fourth-order valence-corrected chi connectivity index (χ4v) is 2.87. The van der Waals surface area contributed by atoms with Gasteiger partial charge in [0.1, 0.15) is 18.1 Å². The number of thiophene rings is 1. The van der Waals surface area contributed by atoms with E-state index in [2.05, 4.69) is 4.90 Å². The monoisotopic (exact) mass is 249 g/mol. The van der Waals surface area contributed by atoms with Crippen LogP contribution in [0.25, 0.3) is 10.3 Å². The molecular weight excluding hydrogens is 237 g/mol. The van der Waals surface area contributed by atoms with Crippen molar-refractivity contribution in [3.8, 4) is 0 Å². The molecule has 0 amide bonds. The van der Waals surface area contributed by atoms with Gasteiger partial charge >= 0.3 is 0 Å². The Kier molecular flexibility index (Phi) is 2.68. The van der Waals surface area contributed by atoms with Gasteiger partial charge in [0.25, 0.3) is 0 Å². The predicted octanol–water partition coefficient (Wildman–Crippen LogP) is -0.0505. The molecule has 6 heteroatoms. The third kappa shape index (κ3) is 1.87.